The molecule has 2 rings (SSSR count). The molecule has 1 aromatic rings. The van der Waals surface area contributed by atoms with Crippen LogP contribution in [0.4, 0.5) is 11.4 Å². The Morgan fingerprint density at radius 2 is 2.21 bits per heavy atom. The van der Waals surface area contributed by atoms with Crippen molar-refractivity contribution < 1.29 is 9.72 Å². The standard InChI is InChI=1S/C12H14BrN3O3/c1-7-4-9(13)10(5-11(7)16(18)19)15-12(17)6-14-8-2-3-8/h4-5,8,14H,2-3,6H2,1H3,(H,15,17). The monoisotopic (exact) mass is 327 g/mol. The molecule has 0 unspecified atom stereocenters. The molecule has 0 heterocycles. The van der Waals surface area contributed by atoms with Crippen LogP contribution in [-0.2, 0) is 4.79 Å². The first-order chi connectivity index (χ1) is 8.97. The van der Waals surface area contributed by atoms with Crippen molar-refractivity contribution in [2.75, 3.05) is 11.9 Å². The SMILES string of the molecule is Cc1cc(Br)c(NC(=O)CNC2CC2)cc1[N+](=O)[O-]. The van der Waals surface area contributed by atoms with Crippen molar-refractivity contribution in [1.82, 2.24) is 5.32 Å². The van der Waals surface area contributed by atoms with Crippen molar-refractivity contribution in [3.8, 4) is 0 Å². The van der Waals surface area contributed by atoms with Gasteiger partial charge in [0.25, 0.3) is 5.69 Å². The van der Waals surface area contributed by atoms with E-state index in [0.717, 1.165) is 12.8 Å². The van der Waals surface area contributed by atoms with E-state index in [9.17, 15) is 14.9 Å². The highest BCUT2D eigenvalue weighted by Gasteiger charge is 2.21. The molecule has 1 aromatic carbocycles. The van der Waals surface area contributed by atoms with Gasteiger partial charge in [-0.3, -0.25) is 14.9 Å². The Balaban J connectivity index is 2.07. The van der Waals surface area contributed by atoms with Gasteiger partial charge in [0.2, 0.25) is 5.91 Å². The zero-order valence-electron chi connectivity index (χ0n) is 10.4. The topological polar surface area (TPSA) is 84.3 Å². The van der Waals surface area contributed by atoms with Crippen LogP contribution in [0.3, 0.4) is 0 Å². The number of aryl methyl sites for hydroxylation is 1. The van der Waals surface area contributed by atoms with Crippen LogP contribution in [0, 0.1) is 17.0 Å². The van der Waals surface area contributed by atoms with Gasteiger partial charge in [0.05, 0.1) is 17.2 Å². The van der Waals surface area contributed by atoms with Gasteiger partial charge >= 0.3 is 0 Å². The van der Waals surface area contributed by atoms with Crippen LogP contribution >= 0.6 is 15.9 Å². The van der Waals surface area contributed by atoms with E-state index >= 15 is 0 Å². The molecule has 0 aromatic heterocycles. The number of halogens is 1. The quantitative estimate of drug-likeness (QED) is 0.642. The maximum absolute atomic E-state index is 11.7. The lowest BCUT2D eigenvalue weighted by molar-refractivity contribution is -0.385. The van der Waals surface area contributed by atoms with Crippen LogP contribution in [0.2, 0.25) is 0 Å². The Kier molecular flexibility index (Phi) is 4.16. The van der Waals surface area contributed by atoms with Crippen molar-refractivity contribution in [3.05, 3.63) is 32.3 Å². The molecular weight excluding hydrogens is 314 g/mol. The third kappa shape index (κ3) is 3.74. The van der Waals surface area contributed by atoms with Gasteiger partial charge in [0.1, 0.15) is 0 Å². The van der Waals surface area contributed by atoms with Crippen LogP contribution in [-0.4, -0.2) is 23.4 Å². The van der Waals surface area contributed by atoms with E-state index in [2.05, 4.69) is 26.6 Å². The Hall–Kier alpha value is -1.47. The lowest BCUT2D eigenvalue weighted by atomic mass is 10.2. The number of nitrogens with zero attached hydrogens (tertiary/aromatic N) is 1. The molecule has 1 aliphatic carbocycles. The second kappa shape index (κ2) is 5.66. The second-order valence-electron chi connectivity index (χ2n) is 4.58. The number of hydrogen-bond donors (Lipinski definition) is 2. The third-order valence-corrected chi connectivity index (χ3v) is 3.54. The molecule has 1 fully saturated rings. The minimum atomic E-state index is -0.458. The molecule has 0 spiro atoms. The first-order valence-electron chi connectivity index (χ1n) is 5.95. The number of benzene rings is 1. The molecule has 6 nitrogen and oxygen atoms in total. The molecule has 1 aliphatic rings. The minimum absolute atomic E-state index is 0.00588. The summed E-state index contributed by atoms with van der Waals surface area (Å²) in [5.74, 6) is -0.203. The van der Waals surface area contributed by atoms with Gasteiger partial charge in [-0.25, -0.2) is 0 Å². The van der Waals surface area contributed by atoms with E-state index in [1.807, 2.05) is 0 Å². The molecule has 102 valence electrons. The smallest absolute Gasteiger partial charge is 0.274 e. The van der Waals surface area contributed by atoms with Gasteiger partial charge in [-0.15, -0.1) is 0 Å². The van der Waals surface area contributed by atoms with E-state index in [0.29, 0.717) is 21.8 Å². The van der Waals surface area contributed by atoms with E-state index in [4.69, 9.17) is 0 Å². The van der Waals surface area contributed by atoms with Crippen LogP contribution in [0.1, 0.15) is 18.4 Å². The summed E-state index contributed by atoms with van der Waals surface area (Å²) in [6, 6.07) is 3.44. The molecule has 19 heavy (non-hydrogen) atoms. The summed E-state index contributed by atoms with van der Waals surface area (Å²) in [5.41, 5.74) is 0.958. The van der Waals surface area contributed by atoms with Gasteiger partial charge in [0, 0.05) is 22.1 Å². The predicted octanol–water partition coefficient (Wildman–Crippen LogP) is 2.36. The fourth-order valence-corrected chi connectivity index (χ4v) is 2.23. The molecular formula is C12H14BrN3O3. The van der Waals surface area contributed by atoms with E-state index in [-0.39, 0.29) is 18.1 Å². The van der Waals surface area contributed by atoms with Gasteiger partial charge in [0.15, 0.2) is 0 Å². The van der Waals surface area contributed by atoms with Crippen LogP contribution < -0.4 is 10.6 Å². The Bertz CT molecular complexity index is 529. The van der Waals surface area contributed by atoms with Gasteiger partial charge in [-0.05, 0) is 41.8 Å². The molecule has 2 N–H and O–H groups in total. The van der Waals surface area contributed by atoms with Crippen molar-refractivity contribution in [2.24, 2.45) is 0 Å². The number of rotatable bonds is 5. The molecule has 0 saturated heterocycles. The molecule has 0 aliphatic heterocycles. The minimum Gasteiger partial charge on any atom is -0.324 e. The molecule has 0 atom stereocenters. The lowest BCUT2D eigenvalue weighted by Crippen LogP contribution is -2.29. The lowest BCUT2D eigenvalue weighted by Gasteiger charge is -2.09. The molecule has 1 saturated carbocycles. The van der Waals surface area contributed by atoms with Gasteiger partial charge in [-0.1, -0.05) is 0 Å². The third-order valence-electron chi connectivity index (χ3n) is 2.89. The number of nitro benzene ring substituents is 1. The van der Waals surface area contributed by atoms with Crippen molar-refractivity contribution >= 4 is 33.2 Å². The number of carbonyl (C=O) groups is 1. The average molecular weight is 328 g/mol. The average Bonchev–Trinajstić information content (AvgIpc) is 3.13. The van der Waals surface area contributed by atoms with E-state index in [1.165, 1.54) is 6.07 Å². The first kappa shape index (κ1) is 14.0. The summed E-state index contributed by atoms with van der Waals surface area (Å²) in [6.45, 7) is 1.88. The van der Waals surface area contributed by atoms with Crippen LogP contribution in [0.5, 0.6) is 0 Å². The maximum atomic E-state index is 11.7. The molecule has 0 radical (unpaired) electrons. The summed E-state index contributed by atoms with van der Waals surface area (Å²) in [4.78, 5) is 22.1. The molecule has 0 bridgehead atoms. The number of nitro groups is 1. The van der Waals surface area contributed by atoms with Gasteiger partial charge in [-0.2, -0.15) is 0 Å². The number of hydrogen-bond acceptors (Lipinski definition) is 4. The number of nitrogens with one attached hydrogen (secondary N) is 2. The highest BCUT2D eigenvalue weighted by Crippen LogP contribution is 2.30. The second-order valence-corrected chi connectivity index (χ2v) is 5.43. The number of carbonyl (C=O) groups excluding carboxylic acids is 1. The molecule has 7 heteroatoms. The van der Waals surface area contributed by atoms with E-state index in [1.54, 1.807) is 13.0 Å². The Labute approximate surface area is 118 Å². The summed E-state index contributed by atoms with van der Waals surface area (Å²) in [5, 5.41) is 16.6. The maximum Gasteiger partial charge on any atom is 0.274 e. The summed E-state index contributed by atoms with van der Waals surface area (Å²) in [6.07, 6.45) is 2.21. The van der Waals surface area contributed by atoms with Crippen molar-refractivity contribution in [2.45, 2.75) is 25.8 Å². The fraction of sp³-hybridized carbons (Fsp3) is 0.417. The highest BCUT2D eigenvalue weighted by atomic mass is 79.9. The normalized spacial score (nSPS) is 14.2. The van der Waals surface area contributed by atoms with Crippen LogP contribution in [0.25, 0.3) is 0 Å². The van der Waals surface area contributed by atoms with Gasteiger partial charge < -0.3 is 10.6 Å². The van der Waals surface area contributed by atoms with Crippen molar-refractivity contribution in [3.63, 3.8) is 0 Å². The number of amides is 1. The van der Waals surface area contributed by atoms with Crippen molar-refractivity contribution in [1.29, 1.82) is 0 Å². The van der Waals surface area contributed by atoms with Crippen LogP contribution in [0.15, 0.2) is 16.6 Å². The largest absolute Gasteiger partial charge is 0.324 e. The summed E-state index contributed by atoms with van der Waals surface area (Å²) >= 11 is 3.29. The summed E-state index contributed by atoms with van der Waals surface area (Å²) in [7, 11) is 0. The zero-order valence-corrected chi connectivity index (χ0v) is 12.0. The van der Waals surface area contributed by atoms with E-state index < -0.39 is 4.92 Å². The zero-order chi connectivity index (χ0) is 14.0. The number of anilines is 1. The highest BCUT2D eigenvalue weighted by molar-refractivity contribution is 9.10. The molecule has 1 amide bonds. The Morgan fingerprint density at radius 1 is 1.53 bits per heavy atom. The Morgan fingerprint density at radius 3 is 2.79 bits per heavy atom. The summed E-state index contributed by atoms with van der Waals surface area (Å²) < 4.78 is 0.635. The predicted molar refractivity (Wildman–Crippen MR) is 75.2 cm³/mol. The fourth-order valence-electron chi connectivity index (χ4n) is 1.67. The first-order valence-corrected chi connectivity index (χ1v) is 6.74.